The molecule has 0 aromatic heterocycles. The molecular weight excluding hydrogens is 286 g/mol. The summed E-state index contributed by atoms with van der Waals surface area (Å²) in [6.45, 7) is 4.75. The summed E-state index contributed by atoms with van der Waals surface area (Å²) in [7, 11) is 0. The third-order valence-corrected chi connectivity index (χ3v) is 4.05. The molecule has 2 nitrogen and oxygen atoms in total. The molecule has 1 fully saturated rings. The van der Waals surface area contributed by atoms with E-state index in [-0.39, 0.29) is 18.0 Å². The molecule has 0 radical (unpaired) electrons. The molecule has 6 heteroatoms. The second-order valence-electron chi connectivity index (χ2n) is 6.15. The van der Waals surface area contributed by atoms with E-state index in [4.69, 9.17) is 0 Å². The second kappa shape index (κ2) is 5.57. The molecule has 1 saturated heterocycles. The number of halogens is 4. The van der Waals surface area contributed by atoms with Crippen LogP contribution in [0.1, 0.15) is 31.4 Å². The molecule has 118 valence electrons. The Morgan fingerprint density at radius 1 is 1.29 bits per heavy atom. The van der Waals surface area contributed by atoms with Crippen LogP contribution in [0.3, 0.4) is 0 Å². The Morgan fingerprint density at radius 3 is 2.48 bits per heavy atom. The fourth-order valence-electron chi connectivity index (χ4n) is 2.71. The third kappa shape index (κ3) is 3.74. The summed E-state index contributed by atoms with van der Waals surface area (Å²) in [5, 5.41) is 9.96. The van der Waals surface area contributed by atoms with Gasteiger partial charge < -0.3 is 5.11 Å². The molecule has 0 aliphatic carbocycles. The molecule has 21 heavy (non-hydrogen) atoms. The van der Waals surface area contributed by atoms with Gasteiger partial charge in [0.15, 0.2) is 0 Å². The van der Waals surface area contributed by atoms with E-state index in [2.05, 4.69) is 0 Å². The summed E-state index contributed by atoms with van der Waals surface area (Å²) in [5.74, 6) is -1.15. The fourth-order valence-corrected chi connectivity index (χ4v) is 2.71. The monoisotopic (exact) mass is 305 g/mol. The van der Waals surface area contributed by atoms with Gasteiger partial charge in [-0.2, -0.15) is 13.2 Å². The summed E-state index contributed by atoms with van der Waals surface area (Å²) in [5.41, 5.74) is -2.01. The number of aliphatic hydroxyl groups is 1. The van der Waals surface area contributed by atoms with Crippen LogP contribution in [0, 0.1) is 11.7 Å². The van der Waals surface area contributed by atoms with E-state index in [0.29, 0.717) is 13.1 Å². The number of likely N-dealkylation sites (tertiary alicyclic amines) is 1. The Balaban J connectivity index is 2.12. The molecule has 1 aliphatic heterocycles. The summed E-state index contributed by atoms with van der Waals surface area (Å²) in [6.07, 6.45) is -3.93. The molecule has 1 aromatic rings. The zero-order chi connectivity index (χ0) is 15.8. The van der Waals surface area contributed by atoms with Gasteiger partial charge in [0.05, 0.1) is 11.2 Å². The second-order valence-corrected chi connectivity index (χ2v) is 6.15. The highest BCUT2D eigenvalue weighted by Crippen LogP contribution is 2.33. The van der Waals surface area contributed by atoms with Crippen LogP contribution >= 0.6 is 0 Å². The van der Waals surface area contributed by atoms with Gasteiger partial charge in [0.1, 0.15) is 5.82 Å². The lowest BCUT2D eigenvalue weighted by Crippen LogP contribution is -2.33. The summed E-state index contributed by atoms with van der Waals surface area (Å²) >= 11 is 0. The van der Waals surface area contributed by atoms with Crippen molar-refractivity contribution in [1.29, 1.82) is 0 Å². The van der Waals surface area contributed by atoms with Crippen molar-refractivity contribution in [2.45, 2.75) is 38.6 Å². The van der Waals surface area contributed by atoms with Crippen molar-refractivity contribution in [1.82, 2.24) is 4.90 Å². The molecule has 0 spiro atoms. The van der Waals surface area contributed by atoms with E-state index in [1.54, 1.807) is 13.8 Å². The lowest BCUT2D eigenvalue weighted by Gasteiger charge is -2.25. The molecule has 2 rings (SSSR count). The first-order valence-electron chi connectivity index (χ1n) is 6.88. The predicted octanol–water partition coefficient (Wildman–Crippen LogP) is 3.44. The van der Waals surface area contributed by atoms with Gasteiger partial charge in [0.25, 0.3) is 0 Å². The Hall–Kier alpha value is -1.14. The highest BCUT2D eigenvalue weighted by atomic mass is 19.4. The number of rotatable bonds is 3. The van der Waals surface area contributed by atoms with Crippen LogP contribution in [0.2, 0.25) is 0 Å². The zero-order valence-electron chi connectivity index (χ0n) is 12.0. The van der Waals surface area contributed by atoms with E-state index in [0.717, 1.165) is 12.5 Å². The number of hydrogen-bond donors (Lipinski definition) is 1. The molecule has 1 heterocycles. The molecular formula is C15H19F4NO. The van der Waals surface area contributed by atoms with Crippen molar-refractivity contribution in [2.75, 3.05) is 13.1 Å². The standard InChI is InChI=1S/C15H19F4NO/c1-14(2,21)11-6-7-20(9-11)8-10-4-3-5-12(13(10)16)15(17,18)19/h3-5,11,21H,6-9H2,1-2H3. The predicted molar refractivity (Wildman–Crippen MR) is 71.1 cm³/mol. The molecule has 1 unspecified atom stereocenters. The lowest BCUT2D eigenvalue weighted by molar-refractivity contribution is -0.140. The van der Waals surface area contributed by atoms with E-state index in [1.165, 1.54) is 12.1 Å². The van der Waals surface area contributed by atoms with Crippen LogP contribution in [0.25, 0.3) is 0 Å². The minimum absolute atomic E-state index is 0.0428. The highest BCUT2D eigenvalue weighted by molar-refractivity contribution is 5.28. The quantitative estimate of drug-likeness (QED) is 0.865. The average Bonchev–Trinajstić information content (AvgIpc) is 2.78. The number of nitrogens with zero attached hydrogens (tertiary/aromatic N) is 1. The van der Waals surface area contributed by atoms with Gasteiger partial charge in [0, 0.05) is 24.6 Å². The fraction of sp³-hybridized carbons (Fsp3) is 0.600. The van der Waals surface area contributed by atoms with Crippen LogP contribution in [-0.2, 0) is 12.7 Å². The first kappa shape index (κ1) is 16.2. The average molecular weight is 305 g/mol. The van der Waals surface area contributed by atoms with Crippen LogP contribution in [0.15, 0.2) is 18.2 Å². The third-order valence-electron chi connectivity index (χ3n) is 4.05. The normalized spacial score (nSPS) is 21.0. The SMILES string of the molecule is CC(C)(O)C1CCN(Cc2cccc(C(F)(F)F)c2F)C1. The minimum Gasteiger partial charge on any atom is -0.390 e. The number of benzene rings is 1. The first-order chi connectivity index (χ1) is 9.59. The lowest BCUT2D eigenvalue weighted by atomic mass is 9.90. The van der Waals surface area contributed by atoms with Gasteiger partial charge >= 0.3 is 6.18 Å². The largest absolute Gasteiger partial charge is 0.419 e. The van der Waals surface area contributed by atoms with Crippen molar-refractivity contribution < 1.29 is 22.7 Å². The van der Waals surface area contributed by atoms with E-state index >= 15 is 0 Å². The summed E-state index contributed by atoms with van der Waals surface area (Å²) in [6, 6.07) is 3.36. The molecule has 0 amide bonds. The smallest absolute Gasteiger partial charge is 0.390 e. The Bertz CT molecular complexity index is 507. The van der Waals surface area contributed by atoms with Gasteiger partial charge in [-0.3, -0.25) is 4.90 Å². The molecule has 1 aliphatic rings. The zero-order valence-corrected chi connectivity index (χ0v) is 12.0. The van der Waals surface area contributed by atoms with Crippen molar-refractivity contribution in [2.24, 2.45) is 5.92 Å². The topological polar surface area (TPSA) is 23.5 Å². The van der Waals surface area contributed by atoms with E-state index in [1.807, 2.05) is 4.90 Å². The van der Waals surface area contributed by atoms with Crippen molar-refractivity contribution in [3.05, 3.63) is 35.1 Å². The van der Waals surface area contributed by atoms with Crippen LogP contribution in [-0.4, -0.2) is 28.7 Å². The van der Waals surface area contributed by atoms with Crippen LogP contribution in [0.4, 0.5) is 17.6 Å². The van der Waals surface area contributed by atoms with Crippen molar-refractivity contribution >= 4 is 0 Å². The maximum Gasteiger partial charge on any atom is 0.419 e. The molecule has 1 atom stereocenters. The van der Waals surface area contributed by atoms with Gasteiger partial charge in [0.2, 0.25) is 0 Å². The van der Waals surface area contributed by atoms with Crippen molar-refractivity contribution in [3.8, 4) is 0 Å². The van der Waals surface area contributed by atoms with E-state index < -0.39 is 23.2 Å². The summed E-state index contributed by atoms with van der Waals surface area (Å²) in [4.78, 5) is 1.88. The van der Waals surface area contributed by atoms with Crippen LogP contribution in [0.5, 0.6) is 0 Å². The molecule has 1 N–H and O–H groups in total. The minimum atomic E-state index is -4.68. The molecule has 0 bridgehead atoms. The number of alkyl halides is 3. The Kier molecular flexibility index (Phi) is 4.31. The van der Waals surface area contributed by atoms with Gasteiger partial charge in [-0.1, -0.05) is 12.1 Å². The Morgan fingerprint density at radius 2 is 1.95 bits per heavy atom. The molecule has 1 aromatic carbocycles. The van der Waals surface area contributed by atoms with Crippen LogP contribution < -0.4 is 0 Å². The maximum absolute atomic E-state index is 14.0. The highest BCUT2D eigenvalue weighted by Gasteiger charge is 2.36. The maximum atomic E-state index is 14.0. The van der Waals surface area contributed by atoms with Gasteiger partial charge in [-0.25, -0.2) is 4.39 Å². The van der Waals surface area contributed by atoms with Crippen molar-refractivity contribution in [3.63, 3.8) is 0 Å². The van der Waals surface area contributed by atoms with Gasteiger partial charge in [-0.15, -0.1) is 0 Å². The molecule has 0 saturated carbocycles. The Labute approximate surface area is 121 Å². The van der Waals surface area contributed by atoms with E-state index in [9.17, 15) is 22.7 Å². The summed E-state index contributed by atoms with van der Waals surface area (Å²) < 4.78 is 52.0. The number of hydrogen-bond acceptors (Lipinski definition) is 2. The first-order valence-corrected chi connectivity index (χ1v) is 6.88. The van der Waals surface area contributed by atoms with Gasteiger partial charge in [-0.05, 0) is 32.9 Å².